The summed E-state index contributed by atoms with van der Waals surface area (Å²) in [4.78, 5) is 4.07. The van der Waals surface area contributed by atoms with Gasteiger partial charge in [-0.05, 0) is 37.1 Å². The number of nitrogens with zero attached hydrogens (tertiary/aromatic N) is 1. The largest absolute Gasteiger partial charge is 0.439 e. The third-order valence-electron chi connectivity index (χ3n) is 2.65. The minimum Gasteiger partial charge on any atom is -0.439 e. The van der Waals surface area contributed by atoms with Crippen LogP contribution in [0.25, 0.3) is 0 Å². The van der Waals surface area contributed by atoms with Crippen molar-refractivity contribution in [1.82, 2.24) is 4.98 Å². The summed E-state index contributed by atoms with van der Waals surface area (Å²) in [5.41, 5.74) is 7.28. The van der Waals surface area contributed by atoms with Crippen LogP contribution in [-0.4, -0.2) is 4.98 Å². The van der Waals surface area contributed by atoms with Crippen LogP contribution >= 0.6 is 0 Å². The fourth-order valence-corrected chi connectivity index (χ4v) is 1.52. The van der Waals surface area contributed by atoms with Gasteiger partial charge in [0.2, 0.25) is 5.88 Å². The van der Waals surface area contributed by atoms with Crippen LogP contribution in [0.3, 0.4) is 0 Å². The molecule has 2 aromatic rings. The van der Waals surface area contributed by atoms with E-state index >= 15 is 0 Å². The van der Waals surface area contributed by atoms with Gasteiger partial charge in [-0.25, -0.2) is 9.37 Å². The molecule has 4 heteroatoms. The molecular formula is C14H15FN2O. The van der Waals surface area contributed by atoms with Crippen molar-refractivity contribution in [1.29, 1.82) is 0 Å². The monoisotopic (exact) mass is 246 g/mol. The Hall–Kier alpha value is -1.94. The number of rotatable bonds is 3. The van der Waals surface area contributed by atoms with E-state index in [1.165, 1.54) is 6.07 Å². The highest BCUT2D eigenvalue weighted by molar-refractivity contribution is 5.32. The zero-order chi connectivity index (χ0) is 13.1. The summed E-state index contributed by atoms with van der Waals surface area (Å²) in [5, 5.41) is 0. The summed E-state index contributed by atoms with van der Waals surface area (Å²) in [6, 6.07) is 8.20. The second-order valence-electron chi connectivity index (χ2n) is 4.23. The summed E-state index contributed by atoms with van der Waals surface area (Å²) in [5.74, 6) is 0.538. The molecule has 18 heavy (non-hydrogen) atoms. The molecule has 0 fully saturated rings. The van der Waals surface area contributed by atoms with Crippen molar-refractivity contribution >= 4 is 0 Å². The molecule has 1 aromatic carbocycles. The summed E-state index contributed by atoms with van der Waals surface area (Å²) in [7, 11) is 0. The molecule has 1 unspecified atom stereocenters. The van der Waals surface area contributed by atoms with Gasteiger partial charge in [-0.1, -0.05) is 6.07 Å². The van der Waals surface area contributed by atoms with E-state index in [1.54, 1.807) is 31.3 Å². The van der Waals surface area contributed by atoms with E-state index in [4.69, 9.17) is 10.5 Å². The predicted octanol–water partition coefficient (Wildman–Crippen LogP) is 3.34. The number of ether oxygens (including phenoxy) is 1. The Morgan fingerprint density at radius 1 is 1.28 bits per heavy atom. The van der Waals surface area contributed by atoms with Crippen molar-refractivity contribution in [2.75, 3.05) is 0 Å². The molecule has 0 aliphatic rings. The molecule has 0 radical (unpaired) electrons. The first-order chi connectivity index (χ1) is 8.56. The van der Waals surface area contributed by atoms with E-state index in [1.807, 2.05) is 13.0 Å². The summed E-state index contributed by atoms with van der Waals surface area (Å²) in [6.07, 6.45) is 1.62. The van der Waals surface area contributed by atoms with Gasteiger partial charge in [0.1, 0.15) is 11.6 Å². The van der Waals surface area contributed by atoms with Crippen molar-refractivity contribution in [3.63, 3.8) is 0 Å². The van der Waals surface area contributed by atoms with Gasteiger partial charge in [0.05, 0.1) is 0 Å². The van der Waals surface area contributed by atoms with Crippen molar-refractivity contribution in [2.45, 2.75) is 19.9 Å². The average molecular weight is 246 g/mol. The Morgan fingerprint density at radius 3 is 2.72 bits per heavy atom. The van der Waals surface area contributed by atoms with Crippen LogP contribution in [0.2, 0.25) is 0 Å². The number of benzene rings is 1. The average Bonchev–Trinajstić information content (AvgIpc) is 2.34. The van der Waals surface area contributed by atoms with Crippen LogP contribution in [0.1, 0.15) is 24.1 Å². The first-order valence-corrected chi connectivity index (χ1v) is 5.72. The molecule has 2 rings (SSSR count). The summed E-state index contributed by atoms with van der Waals surface area (Å²) in [6.45, 7) is 3.58. The number of aromatic nitrogens is 1. The van der Waals surface area contributed by atoms with E-state index < -0.39 is 0 Å². The van der Waals surface area contributed by atoms with E-state index in [0.29, 0.717) is 17.2 Å². The summed E-state index contributed by atoms with van der Waals surface area (Å²) < 4.78 is 18.9. The van der Waals surface area contributed by atoms with Gasteiger partial charge < -0.3 is 10.5 Å². The topological polar surface area (TPSA) is 48.1 Å². The SMILES string of the molecule is Cc1ccc(Oc2cc(C(C)N)ccn2)cc1F. The van der Waals surface area contributed by atoms with Crippen molar-refractivity contribution < 1.29 is 9.13 Å². The lowest BCUT2D eigenvalue weighted by Gasteiger charge is -2.09. The second kappa shape index (κ2) is 5.14. The molecule has 2 N–H and O–H groups in total. The lowest BCUT2D eigenvalue weighted by molar-refractivity contribution is 0.456. The first kappa shape index (κ1) is 12.5. The normalized spacial score (nSPS) is 12.2. The number of aryl methyl sites for hydroxylation is 1. The molecule has 0 amide bonds. The van der Waals surface area contributed by atoms with Gasteiger partial charge in [0.25, 0.3) is 0 Å². The minimum absolute atomic E-state index is 0.0925. The minimum atomic E-state index is -0.296. The van der Waals surface area contributed by atoms with E-state index in [2.05, 4.69) is 4.98 Å². The fourth-order valence-electron chi connectivity index (χ4n) is 1.52. The maximum Gasteiger partial charge on any atom is 0.219 e. The zero-order valence-corrected chi connectivity index (χ0v) is 10.4. The highest BCUT2D eigenvalue weighted by atomic mass is 19.1. The van der Waals surface area contributed by atoms with E-state index in [9.17, 15) is 4.39 Å². The van der Waals surface area contributed by atoms with Crippen LogP contribution in [0.15, 0.2) is 36.5 Å². The lowest BCUT2D eigenvalue weighted by Crippen LogP contribution is -2.05. The van der Waals surface area contributed by atoms with Crippen molar-refractivity contribution in [3.8, 4) is 11.6 Å². The second-order valence-corrected chi connectivity index (χ2v) is 4.23. The fraction of sp³-hybridized carbons (Fsp3) is 0.214. The molecule has 1 aromatic heterocycles. The van der Waals surface area contributed by atoms with Crippen molar-refractivity contribution in [2.24, 2.45) is 5.73 Å². The Bertz CT molecular complexity index is 555. The summed E-state index contributed by atoms with van der Waals surface area (Å²) >= 11 is 0. The van der Waals surface area contributed by atoms with Gasteiger partial charge in [0.15, 0.2) is 0 Å². The molecule has 0 saturated carbocycles. The number of hydrogen-bond donors (Lipinski definition) is 1. The van der Waals surface area contributed by atoms with Crippen LogP contribution in [0.5, 0.6) is 11.6 Å². The Labute approximate surface area is 105 Å². The van der Waals surface area contributed by atoms with Crippen molar-refractivity contribution in [3.05, 3.63) is 53.5 Å². The zero-order valence-electron chi connectivity index (χ0n) is 10.4. The first-order valence-electron chi connectivity index (χ1n) is 5.72. The molecule has 3 nitrogen and oxygen atoms in total. The number of pyridine rings is 1. The smallest absolute Gasteiger partial charge is 0.219 e. The third kappa shape index (κ3) is 2.84. The Balaban J connectivity index is 2.23. The number of nitrogens with two attached hydrogens (primary N) is 1. The van der Waals surface area contributed by atoms with E-state index in [0.717, 1.165) is 5.56 Å². The van der Waals surface area contributed by atoms with Gasteiger partial charge in [-0.3, -0.25) is 0 Å². The molecule has 0 saturated heterocycles. The highest BCUT2D eigenvalue weighted by Crippen LogP contribution is 2.23. The number of hydrogen-bond acceptors (Lipinski definition) is 3. The predicted molar refractivity (Wildman–Crippen MR) is 68.1 cm³/mol. The molecule has 94 valence electrons. The maximum atomic E-state index is 13.4. The maximum absolute atomic E-state index is 13.4. The Kier molecular flexibility index (Phi) is 3.58. The Morgan fingerprint density at radius 2 is 2.06 bits per heavy atom. The van der Waals surface area contributed by atoms with Crippen LogP contribution in [0, 0.1) is 12.7 Å². The number of halogens is 1. The standard InChI is InChI=1S/C14H15FN2O/c1-9-3-4-12(8-13(9)15)18-14-7-11(10(2)16)5-6-17-14/h3-8,10H,16H2,1-2H3. The van der Waals surface area contributed by atoms with Crippen LogP contribution in [-0.2, 0) is 0 Å². The van der Waals surface area contributed by atoms with Gasteiger partial charge >= 0.3 is 0 Å². The van der Waals surface area contributed by atoms with Gasteiger partial charge in [-0.2, -0.15) is 0 Å². The molecule has 1 heterocycles. The quantitative estimate of drug-likeness (QED) is 0.903. The van der Waals surface area contributed by atoms with Gasteiger partial charge in [0, 0.05) is 24.4 Å². The van der Waals surface area contributed by atoms with Crippen LogP contribution in [0.4, 0.5) is 4.39 Å². The molecule has 0 spiro atoms. The third-order valence-corrected chi connectivity index (χ3v) is 2.65. The molecular weight excluding hydrogens is 231 g/mol. The van der Waals surface area contributed by atoms with Crippen LogP contribution < -0.4 is 10.5 Å². The lowest BCUT2D eigenvalue weighted by atomic mass is 10.1. The highest BCUT2D eigenvalue weighted by Gasteiger charge is 2.05. The molecule has 1 atom stereocenters. The van der Waals surface area contributed by atoms with E-state index in [-0.39, 0.29) is 11.9 Å². The molecule has 0 aliphatic heterocycles. The molecule has 0 bridgehead atoms. The molecule has 0 aliphatic carbocycles. The van der Waals surface area contributed by atoms with Gasteiger partial charge in [-0.15, -0.1) is 0 Å².